The number of piperazine rings is 1. The van der Waals surface area contributed by atoms with E-state index in [4.69, 9.17) is 10.4 Å². The van der Waals surface area contributed by atoms with Gasteiger partial charge in [0.2, 0.25) is 5.95 Å². The quantitative estimate of drug-likeness (QED) is 0.866. The second kappa shape index (κ2) is 5.65. The molecule has 3 heterocycles. The molecule has 2 N–H and O–H groups in total. The first-order chi connectivity index (χ1) is 10.1. The molecule has 0 bridgehead atoms. The maximum absolute atomic E-state index is 5.72. The van der Waals surface area contributed by atoms with Gasteiger partial charge in [-0.25, -0.2) is 9.61 Å². The molecule has 0 aromatic carbocycles. The van der Waals surface area contributed by atoms with Crippen LogP contribution in [0.2, 0.25) is 0 Å². The van der Waals surface area contributed by atoms with Crippen molar-refractivity contribution in [1.29, 1.82) is 0 Å². The van der Waals surface area contributed by atoms with E-state index in [9.17, 15) is 0 Å². The Balaban J connectivity index is 1.61. The Bertz CT molecular complexity index is 598. The standard InChI is InChI=1S/C13H19N7O/c1-9-7-12(16-13(14)15-9)20-5-3-19(4-6-20)8-11-10(2)17-21-18-11/h7H,3-6,8H2,1-2H3,(H2,14,15,16). The Labute approximate surface area is 122 Å². The van der Waals surface area contributed by atoms with Crippen LogP contribution in [0.1, 0.15) is 17.1 Å². The maximum Gasteiger partial charge on any atom is 0.222 e. The van der Waals surface area contributed by atoms with Crippen molar-refractivity contribution in [2.24, 2.45) is 0 Å². The second-order valence-corrected chi connectivity index (χ2v) is 5.29. The summed E-state index contributed by atoms with van der Waals surface area (Å²) < 4.78 is 4.74. The predicted octanol–water partition coefficient (Wildman–Crippen LogP) is 0.381. The molecule has 3 rings (SSSR count). The Kier molecular flexibility index (Phi) is 3.70. The minimum Gasteiger partial charge on any atom is -0.368 e. The van der Waals surface area contributed by atoms with Crippen LogP contribution < -0.4 is 10.6 Å². The van der Waals surface area contributed by atoms with Crippen molar-refractivity contribution in [3.05, 3.63) is 23.1 Å². The number of aromatic nitrogens is 4. The van der Waals surface area contributed by atoms with Gasteiger partial charge in [-0.1, -0.05) is 10.3 Å². The first-order valence-corrected chi connectivity index (χ1v) is 6.98. The Morgan fingerprint density at radius 2 is 1.90 bits per heavy atom. The Hall–Kier alpha value is -2.22. The van der Waals surface area contributed by atoms with Crippen LogP contribution in [0.25, 0.3) is 0 Å². The van der Waals surface area contributed by atoms with Gasteiger partial charge in [0.05, 0.1) is 0 Å². The number of anilines is 2. The average molecular weight is 289 g/mol. The molecule has 0 unspecified atom stereocenters. The number of hydrogen-bond donors (Lipinski definition) is 1. The van der Waals surface area contributed by atoms with Crippen molar-refractivity contribution in [3.8, 4) is 0 Å². The van der Waals surface area contributed by atoms with E-state index in [0.717, 1.165) is 55.6 Å². The van der Waals surface area contributed by atoms with Crippen LogP contribution in [0.15, 0.2) is 10.7 Å². The van der Waals surface area contributed by atoms with E-state index < -0.39 is 0 Å². The molecule has 2 aromatic rings. The monoisotopic (exact) mass is 289 g/mol. The maximum atomic E-state index is 5.72. The van der Waals surface area contributed by atoms with Gasteiger partial charge >= 0.3 is 0 Å². The topological polar surface area (TPSA) is 97.2 Å². The second-order valence-electron chi connectivity index (χ2n) is 5.29. The summed E-state index contributed by atoms with van der Waals surface area (Å²) in [6.45, 7) is 8.30. The van der Waals surface area contributed by atoms with Gasteiger partial charge in [-0.05, 0) is 13.8 Å². The molecular weight excluding hydrogens is 270 g/mol. The van der Waals surface area contributed by atoms with Gasteiger partial charge in [0, 0.05) is 44.5 Å². The summed E-state index contributed by atoms with van der Waals surface area (Å²) >= 11 is 0. The molecule has 0 amide bonds. The highest BCUT2D eigenvalue weighted by molar-refractivity contribution is 5.43. The fraction of sp³-hybridized carbons (Fsp3) is 0.538. The molecule has 8 heteroatoms. The minimum absolute atomic E-state index is 0.330. The van der Waals surface area contributed by atoms with Crippen molar-refractivity contribution in [2.75, 3.05) is 36.8 Å². The van der Waals surface area contributed by atoms with Gasteiger partial charge in [0.1, 0.15) is 17.2 Å². The summed E-state index contributed by atoms with van der Waals surface area (Å²) in [6.07, 6.45) is 0. The third kappa shape index (κ3) is 3.10. The van der Waals surface area contributed by atoms with Gasteiger partial charge < -0.3 is 10.6 Å². The number of aryl methyl sites for hydroxylation is 2. The van der Waals surface area contributed by atoms with E-state index in [1.165, 1.54) is 0 Å². The Morgan fingerprint density at radius 3 is 2.52 bits per heavy atom. The van der Waals surface area contributed by atoms with Crippen LogP contribution in [-0.4, -0.2) is 51.4 Å². The van der Waals surface area contributed by atoms with E-state index in [-0.39, 0.29) is 0 Å². The zero-order valence-electron chi connectivity index (χ0n) is 12.3. The van der Waals surface area contributed by atoms with Crippen molar-refractivity contribution in [3.63, 3.8) is 0 Å². The van der Waals surface area contributed by atoms with E-state index in [1.807, 2.05) is 19.9 Å². The molecule has 2 aromatic heterocycles. The normalized spacial score (nSPS) is 16.4. The van der Waals surface area contributed by atoms with E-state index in [1.54, 1.807) is 0 Å². The molecule has 0 saturated carbocycles. The minimum atomic E-state index is 0.330. The molecule has 21 heavy (non-hydrogen) atoms. The lowest BCUT2D eigenvalue weighted by Crippen LogP contribution is -2.46. The van der Waals surface area contributed by atoms with E-state index >= 15 is 0 Å². The summed E-state index contributed by atoms with van der Waals surface area (Å²) in [7, 11) is 0. The molecule has 1 aliphatic heterocycles. The average Bonchev–Trinajstić information content (AvgIpc) is 2.84. The highest BCUT2D eigenvalue weighted by atomic mass is 16.6. The van der Waals surface area contributed by atoms with Crippen LogP contribution in [0.3, 0.4) is 0 Å². The fourth-order valence-electron chi connectivity index (χ4n) is 2.48. The molecular formula is C13H19N7O. The molecule has 1 saturated heterocycles. The molecule has 0 radical (unpaired) electrons. The third-order valence-electron chi connectivity index (χ3n) is 3.67. The van der Waals surface area contributed by atoms with Crippen molar-refractivity contribution in [2.45, 2.75) is 20.4 Å². The van der Waals surface area contributed by atoms with Crippen LogP contribution in [0.4, 0.5) is 11.8 Å². The molecule has 1 fully saturated rings. The molecule has 112 valence electrons. The van der Waals surface area contributed by atoms with Gasteiger partial charge in [-0.2, -0.15) is 4.98 Å². The summed E-state index contributed by atoms with van der Waals surface area (Å²) in [5, 5.41) is 7.74. The SMILES string of the molecule is Cc1cc(N2CCN(Cc3nonc3C)CC2)nc(N)n1. The summed E-state index contributed by atoms with van der Waals surface area (Å²) in [5.41, 5.74) is 8.37. The summed E-state index contributed by atoms with van der Waals surface area (Å²) in [4.78, 5) is 13.0. The lowest BCUT2D eigenvalue weighted by Gasteiger charge is -2.35. The highest BCUT2D eigenvalue weighted by Crippen LogP contribution is 2.17. The molecule has 1 aliphatic rings. The number of nitrogens with two attached hydrogens (primary N) is 1. The van der Waals surface area contributed by atoms with Crippen molar-refractivity contribution in [1.82, 2.24) is 25.2 Å². The van der Waals surface area contributed by atoms with Gasteiger partial charge in [-0.3, -0.25) is 4.90 Å². The third-order valence-corrected chi connectivity index (χ3v) is 3.67. The van der Waals surface area contributed by atoms with Gasteiger partial charge in [0.25, 0.3) is 0 Å². The first kappa shape index (κ1) is 13.7. The first-order valence-electron chi connectivity index (χ1n) is 6.98. The van der Waals surface area contributed by atoms with Gasteiger partial charge in [0.15, 0.2) is 0 Å². The van der Waals surface area contributed by atoms with E-state index in [2.05, 4.69) is 30.1 Å². The zero-order valence-corrected chi connectivity index (χ0v) is 12.3. The molecule has 0 spiro atoms. The lowest BCUT2D eigenvalue weighted by atomic mass is 10.2. The molecule has 0 aliphatic carbocycles. The van der Waals surface area contributed by atoms with Crippen LogP contribution >= 0.6 is 0 Å². The number of nitrogens with zero attached hydrogens (tertiary/aromatic N) is 6. The fourth-order valence-corrected chi connectivity index (χ4v) is 2.48. The van der Waals surface area contributed by atoms with E-state index in [0.29, 0.717) is 5.95 Å². The predicted molar refractivity (Wildman–Crippen MR) is 77.7 cm³/mol. The summed E-state index contributed by atoms with van der Waals surface area (Å²) in [6, 6.07) is 1.97. The molecule has 0 atom stereocenters. The largest absolute Gasteiger partial charge is 0.368 e. The van der Waals surface area contributed by atoms with Gasteiger partial charge in [-0.15, -0.1) is 0 Å². The van der Waals surface area contributed by atoms with Crippen molar-refractivity contribution >= 4 is 11.8 Å². The highest BCUT2D eigenvalue weighted by Gasteiger charge is 2.20. The Morgan fingerprint density at radius 1 is 1.14 bits per heavy atom. The lowest BCUT2D eigenvalue weighted by molar-refractivity contribution is 0.237. The van der Waals surface area contributed by atoms with Crippen molar-refractivity contribution < 1.29 is 4.63 Å². The summed E-state index contributed by atoms with van der Waals surface area (Å²) in [5.74, 6) is 1.23. The number of nitrogen functional groups attached to an aromatic ring is 1. The zero-order chi connectivity index (χ0) is 14.8. The number of hydrogen-bond acceptors (Lipinski definition) is 8. The number of rotatable bonds is 3. The smallest absolute Gasteiger partial charge is 0.222 e. The van der Waals surface area contributed by atoms with Crippen LogP contribution in [-0.2, 0) is 6.54 Å². The molecule has 8 nitrogen and oxygen atoms in total. The van der Waals surface area contributed by atoms with Crippen LogP contribution in [0.5, 0.6) is 0 Å². The van der Waals surface area contributed by atoms with Crippen LogP contribution in [0, 0.1) is 13.8 Å².